The van der Waals surface area contributed by atoms with Crippen LogP contribution >= 0.6 is 0 Å². The summed E-state index contributed by atoms with van der Waals surface area (Å²) in [6, 6.07) is 7.49. The lowest BCUT2D eigenvalue weighted by Crippen LogP contribution is -2.54. The molecule has 26 heavy (non-hydrogen) atoms. The predicted octanol–water partition coefficient (Wildman–Crippen LogP) is 0.560. The Hall–Kier alpha value is -2.25. The summed E-state index contributed by atoms with van der Waals surface area (Å²) in [5.41, 5.74) is 0.523. The third-order valence-corrected chi connectivity index (χ3v) is 6.51. The zero-order valence-electron chi connectivity index (χ0n) is 14.6. The summed E-state index contributed by atoms with van der Waals surface area (Å²) >= 11 is 0. The first-order chi connectivity index (χ1) is 12.6. The van der Waals surface area contributed by atoms with Crippen LogP contribution in [0, 0.1) is 11.8 Å². The van der Waals surface area contributed by atoms with E-state index in [1.54, 1.807) is 7.11 Å². The van der Waals surface area contributed by atoms with Gasteiger partial charge in [-0.15, -0.1) is 0 Å². The molecule has 7 nitrogen and oxygen atoms in total. The SMILES string of the molecule is COCCN1C(=O)[C@H]2[C@@H](C1=O)[C@]1(C(=O)Nc3ccccc31)N1CCC[C@@H]21. The lowest BCUT2D eigenvalue weighted by molar-refractivity contribution is -0.146. The monoisotopic (exact) mass is 355 g/mol. The molecular weight excluding hydrogens is 334 g/mol. The van der Waals surface area contributed by atoms with E-state index < -0.39 is 17.4 Å². The Morgan fingerprint density at radius 2 is 2.04 bits per heavy atom. The highest BCUT2D eigenvalue weighted by Crippen LogP contribution is 2.60. The number of hydrogen-bond donors (Lipinski definition) is 1. The van der Waals surface area contributed by atoms with E-state index in [-0.39, 0.29) is 30.3 Å². The van der Waals surface area contributed by atoms with Crippen molar-refractivity contribution in [2.75, 3.05) is 32.1 Å². The third-order valence-electron chi connectivity index (χ3n) is 6.51. The molecule has 3 fully saturated rings. The number of benzene rings is 1. The van der Waals surface area contributed by atoms with Crippen LogP contribution in [0.25, 0.3) is 0 Å². The van der Waals surface area contributed by atoms with Gasteiger partial charge >= 0.3 is 0 Å². The maximum absolute atomic E-state index is 13.3. The number of carbonyl (C=O) groups is 3. The van der Waals surface area contributed by atoms with Crippen LogP contribution in [-0.4, -0.2) is 60.4 Å². The van der Waals surface area contributed by atoms with Crippen LogP contribution in [0.15, 0.2) is 24.3 Å². The predicted molar refractivity (Wildman–Crippen MR) is 92.1 cm³/mol. The Bertz CT molecular complexity index is 825. The summed E-state index contributed by atoms with van der Waals surface area (Å²) in [5, 5.41) is 2.96. The molecule has 4 heterocycles. The molecule has 4 aliphatic heterocycles. The Labute approximate surface area is 151 Å². The van der Waals surface area contributed by atoms with Crippen LogP contribution in [-0.2, 0) is 24.7 Å². The van der Waals surface area contributed by atoms with Gasteiger partial charge in [0.1, 0.15) is 5.54 Å². The number of carbonyl (C=O) groups excluding carboxylic acids is 3. The maximum atomic E-state index is 13.3. The molecule has 3 amide bonds. The Kier molecular flexibility index (Phi) is 3.30. The summed E-state index contributed by atoms with van der Waals surface area (Å²) in [5.74, 6) is -1.66. The minimum absolute atomic E-state index is 0.0547. The zero-order chi connectivity index (χ0) is 18.1. The second-order valence-corrected chi connectivity index (χ2v) is 7.49. The summed E-state index contributed by atoms with van der Waals surface area (Å²) in [6.45, 7) is 1.28. The van der Waals surface area contributed by atoms with Crippen molar-refractivity contribution in [3.05, 3.63) is 29.8 Å². The molecule has 0 bridgehead atoms. The van der Waals surface area contributed by atoms with E-state index in [1.807, 2.05) is 24.3 Å². The molecule has 4 aliphatic rings. The number of nitrogens with one attached hydrogen (secondary N) is 1. The summed E-state index contributed by atoms with van der Waals surface area (Å²) in [6.07, 6.45) is 1.78. The van der Waals surface area contributed by atoms with Gasteiger partial charge in [0, 0.05) is 24.4 Å². The summed E-state index contributed by atoms with van der Waals surface area (Å²) in [7, 11) is 1.55. The topological polar surface area (TPSA) is 78.9 Å². The number of para-hydroxylation sites is 1. The van der Waals surface area contributed by atoms with Gasteiger partial charge in [0.05, 0.1) is 25.0 Å². The zero-order valence-corrected chi connectivity index (χ0v) is 14.6. The molecule has 0 aliphatic carbocycles. The molecule has 7 heteroatoms. The van der Waals surface area contributed by atoms with Crippen molar-refractivity contribution in [1.29, 1.82) is 0 Å². The van der Waals surface area contributed by atoms with Gasteiger partial charge in [-0.1, -0.05) is 18.2 Å². The van der Waals surface area contributed by atoms with E-state index in [9.17, 15) is 14.4 Å². The van der Waals surface area contributed by atoms with Gasteiger partial charge in [-0.2, -0.15) is 0 Å². The second-order valence-electron chi connectivity index (χ2n) is 7.49. The van der Waals surface area contributed by atoms with Crippen LogP contribution in [0.5, 0.6) is 0 Å². The van der Waals surface area contributed by atoms with Crippen molar-refractivity contribution < 1.29 is 19.1 Å². The van der Waals surface area contributed by atoms with Crippen molar-refractivity contribution in [1.82, 2.24) is 9.80 Å². The quantitative estimate of drug-likeness (QED) is 0.802. The lowest BCUT2D eigenvalue weighted by atomic mass is 9.75. The largest absolute Gasteiger partial charge is 0.383 e. The van der Waals surface area contributed by atoms with Gasteiger partial charge in [0.25, 0.3) is 0 Å². The molecule has 136 valence electrons. The van der Waals surface area contributed by atoms with Gasteiger partial charge in [-0.05, 0) is 25.5 Å². The highest BCUT2D eigenvalue weighted by Gasteiger charge is 2.74. The van der Waals surface area contributed by atoms with Gasteiger partial charge < -0.3 is 10.1 Å². The number of likely N-dealkylation sites (tertiary alicyclic amines) is 1. The van der Waals surface area contributed by atoms with Crippen LogP contribution in [0.4, 0.5) is 5.69 Å². The number of methoxy groups -OCH3 is 1. The number of anilines is 1. The number of fused-ring (bicyclic) bond motifs is 7. The van der Waals surface area contributed by atoms with Crippen molar-refractivity contribution in [2.45, 2.75) is 24.4 Å². The lowest BCUT2D eigenvalue weighted by Gasteiger charge is -2.36. The van der Waals surface area contributed by atoms with E-state index >= 15 is 0 Å². The fourth-order valence-corrected chi connectivity index (χ4v) is 5.62. The average molecular weight is 355 g/mol. The number of nitrogens with zero attached hydrogens (tertiary/aromatic N) is 2. The van der Waals surface area contributed by atoms with Crippen LogP contribution < -0.4 is 5.32 Å². The minimum atomic E-state index is -1.06. The molecule has 0 saturated carbocycles. The van der Waals surface area contributed by atoms with E-state index in [1.165, 1.54) is 4.90 Å². The van der Waals surface area contributed by atoms with Gasteiger partial charge in [0.15, 0.2) is 0 Å². The maximum Gasteiger partial charge on any atom is 0.250 e. The van der Waals surface area contributed by atoms with Crippen molar-refractivity contribution in [3.63, 3.8) is 0 Å². The van der Waals surface area contributed by atoms with E-state index in [4.69, 9.17) is 4.74 Å². The number of imide groups is 1. The first-order valence-electron chi connectivity index (χ1n) is 9.14. The summed E-state index contributed by atoms with van der Waals surface area (Å²) < 4.78 is 5.07. The molecule has 1 spiro atoms. The first kappa shape index (κ1) is 16.0. The first-order valence-corrected chi connectivity index (χ1v) is 9.14. The molecule has 0 unspecified atom stereocenters. The van der Waals surface area contributed by atoms with E-state index in [0.29, 0.717) is 6.61 Å². The highest BCUT2D eigenvalue weighted by molar-refractivity contribution is 6.15. The minimum Gasteiger partial charge on any atom is -0.383 e. The molecule has 1 aromatic rings. The number of amides is 3. The molecular formula is C19H21N3O4. The van der Waals surface area contributed by atoms with Crippen LogP contribution in [0.1, 0.15) is 18.4 Å². The van der Waals surface area contributed by atoms with Crippen LogP contribution in [0.2, 0.25) is 0 Å². The highest BCUT2D eigenvalue weighted by atomic mass is 16.5. The van der Waals surface area contributed by atoms with Crippen molar-refractivity contribution >= 4 is 23.4 Å². The smallest absolute Gasteiger partial charge is 0.250 e. The fourth-order valence-electron chi connectivity index (χ4n) is 5.62. The standard InChI is InChI=1S/C19H21N3O4/c1-26-10-9-21-16(23)14-13-7-4-8-22(13)19(15(14)17(21)24)11-5-2-3-6-12(11)20-18(19)25/h2-3,5-6,13-15H,4,7-10H2,1H3,(H,20,25)/t13-,14+,15-,19+/m0/s1. The molecule has 3 saturated heterocycles. The van der Waals surface area contributed by atoms with E-state index in [0.717, 1.165) is 30.6 Å². The van der Waals surface area contributed by atoms with Crippen LogP contribution in [0.3, 0.4) is 0 Å². The number of ether oxygens (including phenoxy) is 1. The van der Waals surface area contributed by atoms with Crippen molar-refractivity contribution in [2.24, 2.45) is 11.8 Å². The van der Waals surface area contributed by atoms with E-state index in [2.05, 4.69) is 10.2 Å². The molecule has 5 rings (SSSR count). The number of hydrogen-bond acceptors (Lipinski definition) is 5. The molecule has 0 radical (unpaired) electrons. The molecule has 1 N–H and O–H groups in total. The summed E-state index contributed by atoms with van der Waals surface area (Å²) in [4.78, 5) is 43.1. The van der Waals surface area contributed by atoms with Crippen molar-refractivity contribution in [3.8, 4) is 0 Å². The van der Waals surface area contributed by atoms with Gasteiger partial charge in [-0.25, -0.2) is 0 Å². The van der Waals surface area contributed by atoms with Gasteiger partial charge in [-0.3, -0.25) is 24.2 Å². The van der Waals surface area contributed by atoms with Gasteiger partial charge in [0.2, 0.25) is 17.7 Å². The average Bonchev–Trinajstić information content (AvgIpc) is 3.33. The number of rotatable bonds is 3. The molecule has 1 aromatic carbocycles. The third kappa shape index (κ3) is 1.68. The Balaban J connectivity index is 1.68. The molecule has 0 aromatic heterocycles. The molecule has 4 atom stereocenters. The fraction of sp³-hybridized carbons (Fsp3) is 0.526. The second kappa shape index (κ2) is 5.37. The normalized spacial score (nSPS) is 35.2. The Morgan fingerprint density at radius 3 is 2.85 bits per heavy atom. The Morgan fingerprint density at radius 1 is 1.23 bits per heavy atom.